The molecule has 5 rings (SSSR count). The number of carbonyl (C=O) groups is 1. The van der Waals surface area contributed by atoms with Crippen LogP contribution in [0.4, 0.5) is 14.6 Å². The van der Waals surface area contributed by atoms with Gasteiger partial charge >= 0.3 is 5.97 Å². The number of nitrogens with two attached hydrogens (primary N) is 1. The van der Waals surface area contributed by atoms with Gasteiger partial charge in [-0.15, -0.1) is 0 Å². The molecule has 33 heavy (non-hydrogen) atoms. The normalized spacial score (nSPS) is 14.4. The molecule has 1 aromatic carbocycles. The van der Waals surface area contributed by atoms with E-state index in [9.17, 15) is 13.6 Å². The Morgan fingerprint density at radius 2 is 2.00 bits per heavy atom. The number of rotatable bonds is 6. The third kappa shape index (κ3) is 3.57. The first-order chi connectivity index (χ1) is 15.9. The first-order valence-electron chi connectivity index (χ1n) is 10.5. The Morgan fingerprint density at radius 1 is 1.21 bits per heavy atom. The molecule has 168 valence electrons. The van der Waals surface area contributed by atoms with Gasteiger partial charge in [-0.1, -0.05) is 18.2 Å². The Hall–Kier alpha value is -3.95. The zero-order chi connectivity index (χ0) is 23.2. The van der Waals surface area contributed by atoms with Gasteiger partial charge in [0.2, 0.25) is 0 Å². The second-order valence-corrected chi connectivity index (χ2v) is 7.92. The Bertz CT molecular complexity index is 1380. The number of aromatic nitrogens is 5. The van der Waals surface area contributed by atoms with Crippen LogP contribution in [0.25, 0.3) is 22.6 Å². The average Bonchev–Trinajstić information content (AvgIpc) is 3.53. The lowest BCUT2D eigenvalue weighted by atomic mass is 9.98. The van der Waals surface area contributed by atoms with Crippen LogP contribution in [0.5, 0.6) is 0 Å². The Morgan fingerprint density at radius 3 is 2.70 bits per heavy atom. The second kappa shape index (κ2) is 7.88. The summed E-state index contributed by atoms with van der Waals surface area (Å²) in [6.45, 7) is 2.09. The first-order valence-corrected chi connectivity index (χ1v) is 10.5. The van der Waals surface area contributed by atoms with Crippen LogP contribution in [0.15, 0.2) is 42.7 Å². The number of ether oxygens (including phenoxy) is 1. The highest BCUT2D eigenvalue weighted by Gasteiger charge is 2.54. The summed E-state index contributed by atoms with van der Waals surface area (Å²) < 4.78 is 34.9. The molecule has 0 saturated heterocycles. The number of pyridine rings is 1. The summed E-state index contributed by atoms with van der Waals surface area (Å²) >= 11 is 0. The molecule has 0 unspecified atom stereocenters. The Balaban J connectivity index is 1.58. The smallest absolute Gasteiger partial charge is 0.316 e. The molecule has 3 aromatic heterocycles. The summed E-state index contributed by atoms with van der Waals surface area (Å²) in [6.07, 6.45) is 3.78. The molecule has 10 heteroatoms. The summed E-state index contributed by atoms with van der Waals surface area (Å²) in [5.74, 6) is -1.01. The van der Waals surface area contributed by atoms with Crippen molar-refractivity contribution in [2.45, 2.75) is 31.7 Å². The number of benzene rings is 1. The quantitative estimate of drug-likeness (QED) is 0.449. The standard InChI is InChI=1S/C23H20F2N6O2/c1-2-33-22(32)23(7-8-23)16-11-27-20(29-19(16)26)18-15-9-14(24)10-28-21(15)31(30-18)12-13-5-3-4-6-17(13)25/h3-6,9-11H,2,7-8,12H2,1H3,(H2,26,27,29). The lowest BCUT2D eigenvalue weighted by Gasteiger charge is -2.15. The van der Waals surface area contributed by atoms with E-state index in [0.717, 1.165) is 6.20 Å². The van der Waals surface area contributed by atoms with Crippen molar-refractivity contribution in [2.24, 2.45) is 0 Å². The fourth-order valence-electron chi connectivity index (χ4n) is 3.95. The summed E-state index contributed by atoms with van der Waals surface area (Å²) in [6, 6.07) is 7.59. The third-order valence-corrected chi connectivity index (χ3v) is 5.79. The van der Waals surface area contributed by atoms with Gasteiger partial charge in [0.1, 0.15) is 23.1 Å². The van der Waals surface area contributed by atoms with Crippen molar-refractivity contribution in [2.75, 3.05) is 12.3 Å². The van der Waals surface area contributed by atoms with Crippen molar-refractivity contribution < 1.29 is 18.3 Å². The molecular weight excluding hydrogens is 430 g/mol. The molecule has 4 aromatic rings. The first kappa shape index (κ1) is 20.9. The molecule has 2 N–H and O–H groups in total. The molecule has 1 aliphatic carbocycles. The molecule has 0 atom stereocenters. The number of esters is 1. The molecule has 0 bridgehead atoms. The number of hydrogen-bond donors (Lipinski definition) is 1. The number of anilines is 1. The summed E-state index contributed by atoms with van der Waals surface area (Å²) in [7, 11) is 0. The molecular formula is C23H20F2N6O2. The van der Waals surface area contributed by atoms with Crippen molar-refractivity contribution in [1.82, 2.24) is 24.7 Å². The van der Waals surface area contributed by atoms with E-state index < -0.39 is 11.2 Å². The van der Waals surface area contributed by atoms with Crippen LogP contribution < -0.4 is 5.73 Å². The summed E-state index contributed by atoms with van der Waals surface area (Å²) in [4.78, 5) is 25.3. The number of carbonyl (C=O) groups excluding carboxylic acids is 1. The van der Waals surface area contributed by atoms with Crippen molar-refractivity contribution >= 4 is 22.8 Å². The molecule has 0 aliphatic heterocycles. The molecule has 0 spiro atoms. The SMILES string of the molecule is CCOC(=O)C1(c2cnc(-c3nn(Cc4ccccc4F)c4ncc(F)cc34)nc2N)CC1. The topological polar surface area (TPSA) is 109 Å². The van der Waals surface area contributed by atoms with Crippen LogP contribution in [0.1, 0.15) is 30.9 Å². The van der Waals surface area contributed by atoms with E-state index in [1.165, 1.54) is 23.0 Å². The molecule has 1 saturated carbocycles. The maximum atomic E-state index is 14.2. The lowest BCUT2D eigenvalue weighted by molar-refractivity contribution is -0.146. The number of nitrogens with zero attached hydrogens (tertiary/aromatic N) is 5. The zero-order valence-electron chi connectivity index (χ0n) is 17.8. The molecule has 3 heterocycles. The molecule has 1 fully saturated rings. The molecule has 8 nitrogen and oxygen atoms in total. The van der Waals surface area contributed by atoms with E-state index in [1.54, 1.807) is 25.1 Å². The lowest BCUT2D eigenvalue weighted by Crippen LogP contribution is -2.25. The number of halogens is 2. The van der Waals surface area contributed by atoms with E-state index in [1.807, 2.05) is 0 Å². The van der Waals surface area contributed by atoms with Gasteiger partial charge in [0.05, 0.1) is 30.1 Å². The number of fused-ring (bicyclic) bond motifs is 1. The Labute approximate surface area is 187 Å². The van der Waals surface area contributed by atoms with Gasteiger partial charge in [0.25, 0.3) is 0 Å². The predicted molar refractivity (Wildman–Crippen MR) is 116 cm³/mol. The average molecular weight is 450 g/mol. The van der Waals surface area contributed by atoms with E-state index in [0.29, 0.717) is 35.0 Å². The fourth-order valence-corrected chi connectivity index (χ4v) is 3.95. The minimum atomic E-state index is -0.821. The van der Waals surface area contributed by atoms with Crippen molar-refractivity contribution in [3.8, 4) is 11.5 Å². The highest BCUT2D eigenvalue weighted by Crippen LogP contribution is 2.50. The van der Waals surface area contributed by atoms with Crippen molar-refractivity contribution in [3.05, 3.63) is 65.5 Å². The summed E-state index contributed by atoms with van der Waals surface area (Å²) in [5, 5.41) is 4.86. The van der Waals surface area contributed by atoms with Crippen LogP contribution in [0.3, 0.4) is 0 Å². The minimum absolute atomic E-state index is 0.0847. The summed E-state index contributed by atoms with van der Waals surface area (Å²) in [5.41, 5.74) is 6.91. The fraction of sp³-hybridized carbons (Fsp3) is 0.261. The molecule has 1 aliphatic rings. The van der Waals surface area contributed by atoms with Gasteiger partial charge in [0.15, 0.2) is 11.5 Å². The van der Waals surface area contributed by atoms with Crippen LogP contribution in [0.2, 0.25) is 0 Å². The van der Waals surface area contributed by atoms with Gasteiger partial charge in [-0.05, 0) is 31.9 Å². The van der Waals surface area contributed by atoms with Crippen LogP contribution in [-0.2, 0) is 21.5 Å². The van der Waals surface area contributed by atoms with Crippen LogP contribution in [-0.4, -0.2) is 37.3 Å². The third-order valence-electron chi connectivity index (χ3n) is 5.79. The number of nitrogen functional groups attached to an aromatic ring is 1. The maximum Gasteiger partial charge on any atom is 0.316 e. The predicted octanol–water partition coefficient (Wildman–Crippen LogP) is 3.39. The highest BCUT2D eigenvalue weighted by atomic mass is 19.1. The highest BCUT2D eigenvalue weighted by molar-refractivity contribution is 5.90. The van der Waals surface area contributed by atoms with Crippen LogP contribution >= 0.6 is 0 Å². The minimum Gasteiger partial charge on any atom is -0.465 e. The van der Waals surface area contributed by atoms with Gasteiger partial charge in [-0.25, -0.2) is 28.4 Å². The van der Waals surface area contributed by atoms with Crippen LogP contribution in [0, 0.1) is 11.6 Å². The van der Waals surface area contributed by atoms with Gasteiger partial charge in [-0.2, -0.15) is 5.10 Å². The zero-order valence-corrected chi connectivity index (χ0v) is 17.8. The van der Waals surface area contributed by atoms with E-state index >= 15 is 0 Å². The largest absolute Gasteiger partial charge is 0.465 e. The Kier molecular flexibility index (Phi) is 4.99. The van der Waals surface area contributed by atoms with Gasteiger partial charge in [0, 0.05) is 17.3 Å². The molecule has 0 amide bonds. The van der Waals surface area contributed by atoms with E-state index in [2.05, 4.69) is 20.1 Å². The van der Waals surface area contributed by atoms with Crippen molar-refractivity contribution in [1.29, 1.82) is 0 Å². The van der Waals surface area contributed by atoms with E-state index in [-0.39, 0.29) is 42.3 Å². The van der Waals surface area contributed by atoms with E-state index in [4.69, 9.17) is 10.5 Å². The second-order valence-electron chi connectivity index (χ2n) is 7.92. The van der Waals surface area contributed by atoms with Gasteiger partial charge in [-0.3, -0.25) is 4.79 Å². The van der Waals surface area contributed by atoms with Gasteiger partial charge < -0.3 is 10.5 Å². The number of hydrogen-bond acceptors (Lipinski definition) is 7. The maximum absolute atomic E-state index is 14.2. The monoisotopic (exact) mass is 450 g/mol. The van der Waals surface area contributed by atoms with Crippen molar-refractivity contribution in [3.63, 3.8) is 0 Å². The molecule has 0 radical (unpaired) electrons.